The van der Waals surface area contributed by atoms with Gasteiger partial charge in [0, 0.05) is 12.4 Å². The number of hydrogen-bond donors (Lipinski definition) is 1. The van der Waals surface area contributed by atoms with Gasteiger partial charge in [0.2, 0.25) is 0 Å². The molecule has 2 aromatic carbocycles. The fourth-order valence-corrected chi connectivity index (χ4v) is 6.95. The minimum atomic E-state index is -2.11. The van der Waals surface area contributed by atoms with Gasteiger partial charge in [-0.2, -0.15) is 0 Å². The van der Waals surface area contributed by atoms with Gasteiger partial charge in [0.1, 0.15) is 0 Å². The van der Waals surface area contributed by atoms with E-state index in [-0.39, 0.29) is 12.8 Å². The van der Waals surface area contributed by atoms with Crippen molar-refractivity contribution in [3.63, 3.8) is 0 Å². The van der Waals surface area contributed by atoms with Crippen LogP contribution in [-0.4, -0.2) is 29.4 Å². The highest BCUT2D eigenvalue weighted by Gasteiger charge is 2.42. The molecule has 0 amide bonds. The van der Waals surface area contributed by atoms with Gasteiger partial charge in [-0.15, -0.1) is 0 Å². The van der Waals surface area contributed by atoms with Gasteiger partial charge in [-0.05, 0) is 24.3 Å². The van der Waals surface area contributed by atoms with Crippen LogP contribution in [0.1, 0.15) is 12.8 Å². The van der Waals surface area contributed by atoms with Crippen molar-refractivity contribution in [1.82, 2.24) is 0 Å². The lowest BCUT2D eigenvalue weighted by atomic mass is 10.4. The third kappa shape index (κ3) is 4.40. The molecule has 0 fully saturated rings. The number of rotatable bonds is 8. The SMILES string of the molecule is O=C([O-])CC[P+](CCC(=O)O)(c1ccccc1)c1ccccc1. The monoisotopic (exact) mass is 330 g/mol. The lowest BCUT2D eigenvalue weighted by Crippen LogP contribution is -2.32. The van der Waals surface area contributed by atoms with Gasteiger partial charge in [0.15, 0.2) is 0 Å². The van der Waals surface area contributed by atoms with Gasteiger partial charge in [-0.3, -0.25) is 4.79 Å². The second kappa shape index (κ2) is 7.89. The minimum absolute atomic E-state index is 0.0185. The molecule has 0 aliphatic rings. The van der Waals surface area contributed by atoms with Gasteiger partial charge >= 0.3 is 5.97 Å². The Morgan fingerprint density at radius 1 is 0.826 bits per heavy atom. The van der Waals surface area contributed by atoms with E-state index in [0.717, 1.165) is 10.6 Å². The predicted octanol–water partition coefficient (Wildman–Crippen LogP) is 1.27. The molecule has 1 N–H and O–H groups in total. The number of hydrogen-bond acceptors (Lipinski definition) is 3. The van der Waals surface area contributed by atoms with Crippen LogP contribution in [0, 0.1) is 0 Å². The molecule has 0 heterocycles. The molecule has 0 aliphatic heterocycles. The van der Waals surface area contributed by atoms with Crippen LogP contribution in [0.3, 0.4) is 0 Å². The smallest absolute Gasteiger partial charge is 0.307 e. The van der Waals surface area contributed by atoms with Crippen molar-refractivity contribution in [3.05, 3.63) is 60.7 Å². The first kappa shape index (κ1) is 17.2. The third-order valence-electron chi connectivity index (χ3n) is 3.91. The summed E-state index contributed by atoms with van der Waals surface area (Å²) in [6, 6.07) is 19.3. The van der Waals surface area contributed by atoms with Crippen molar-refractivity contribution in [3.8, 4) is 0 Å². The van der Waals surface area contributed by atoms with Crippen LogP contribution in [0.2, 0.25) is 0 Å². The summed E-state index contributed by atoms with van der Waals surface area (Å²) < 4.78 is 0. The molecule has 120 valence electrons. The lowest BCUT2D eigenvalue weighted by molar-refractivity contribution is -0.305. The first-order chi connectivity index (χ1) is 11.0. The summed E-state index contributed by atoms with van der Waals surface area (Å²) in [6.45, 7) is 0. The molecule has 0 atom stereocenters. The summed E-state index contributed by atoms with van der Waals surface area (Å²) in [4.78, 5) is 22.2. The number of carboxylic acids is 2. The van der Waals surface area contributed by atoms with Crippen LogP contribution in [0.4, 0.5) is 0 Å². The molecule has 0 aliphatic carbocycles. The summed E-state index contributed by atoms with van der Waals surface area (Å²) in [5, 5.41) is 22.2. The van der Waals surface area contributed by atoms with Gasteiger partial charge in [0.25, 0.3) is 0 Å². The van der Waals surface area contributed by atoms with E-state index < -0.39 is 19.2 Å². The summed E-state index contributed by atoms with van der Waals surface area (Å²) in [5.41, 5.74) is 0. The average molecular weight is 330 g/mol. The zero-order valence-electron chi connectivity index (χ0n) is 12.7. The largest absolute Gasteiger partial charge is 0.550 e. The topological polar surface area (TPSA) is 77.4 Å². The van der Waals surface area contributed by atoms with E-state index in [0.29, 0.717) is 12.3 Å². The molecular weight excluding hydrogens is 311 g/mol. The molecule has 0 saturated carbocycles. The van der Waals surface area contributed by atoms with Crippen molar-refractivity contribution in [1.29, 1.82) is 0 Å². The Balaban J connectivity index is 2.52. The summed E-state index contributed by atoms with van der Waals surface area (Å²) >= 11 is 0. The Labute approximate surface area is 136 Å². The van der Waals surface area contributed by atoms with E-state index in [2.05, 4.69) is 0 Å². The fourth-order valence-electron chi connectivity index (χ4n) is 2.77. The molecule has 2 aromatic rings. The van der Waals surface area contributed by atoms with Crippen molar-refractivity contribution >= 4 is 29.8 Å². The molecule has 0 aromatic heterocycles. The van der Waals surface area contributed by atoms with E-state index in [1.807, 2.05) is 60.7 Å². The van der Waals surface area contributed by atoms with E-state index in [4.69, 9.17) is 5.11 Å². The molecule has 0 spiro atoms. The van der Waals surface area contributed by atoms with Crippen LogP contribution in [0.15, 0.2) is 60.7 Å². The first-order valence-corrected chi connectivity index (χ1v) is 9.60. The first-order valence-electron chi connectivity index (χ1n) is 7.44. The Kier molecular flexibility index (Phi) is 5.89. The number of carbonyl (C=O) groups excluding carboxylic acids is 1. The predicted molar refractivity (Wildman–Crippen MR) is 90.7 cm³/mol. The van der Waals surface area contributed by atoms with Crippen molar-refractivity contribution in [2.45, 2.75) is 12.8 Å². The van der Waals surface area contributed by atoms with E-state index in [1.54, 1.807) is 0 Å². The Bertz CT molecular complexity index is 596. The van der Waals surface area contributed by atoms with Gasteiger partial charge in [0.05, 0.1) is 36.6 Å². The minimum Gasteiger partial charge on any atom is -0.550 e. The van der Waals surface area contributed by atoms with Crippen LogP contribution < -0.4 is 15.7 Å². The molecule has 4 nitrogen and oxygen atoms in total. The molecule has 23 heavy (non-hydrogen) atoms. The molecular formula is C18H19O4P. The zero-order chi connectivity index (χ0) is 16.7. The second-order valence-corrected chi connectivity index (χ2v) is 9.21. The van der Waals surface area contributed by atoms with Crippen molar-refractivity contribution in [2.24, 2.45) is 0 Å². The number of carbonyl (C=O) groups is 2. The normalized spacial score (nSPS) is 11.1. The number of aliphatic carboxylic acids is 2. The molecule has 0 unspecified atom stereocenters. The molecule has 0 saturated heterocycles. The van der Waals surface area contributed by atoms with Crippen molar-refractivity contribution < 1.29 is 19.8 Å². The highest BCUT2D eigenvalue weighted by molar-refractivity contribution is 7.89. The maximum atomic E-state index is 11.1. The van der Waals surface area contributed by atoms with E-state index >= 15 is 0 Å². The van der Waals surface area contributed by atoms with Gasteiger partial charge in [-0.25, -0.2) is 0 Å². The molecule has 0 bridgehead atoms. The van der Waals surface area contributed by atoms with E-state index in [1.165, 1.54) is 0 Å². The van der Waals surface area contributed by atoms with Crippen LogP contribution in [0.5, 0.6) is 0 Å². The number of benzene rings is 2. The number of carboxylic acid groups (broad SMARTS) is 2. The van der Waals surface area contributed by atoms with Crippen LogP contribution in [-0.2, 0) is 9.59 Å². The Hall–Kier alpha value is -2.19. The summed E-state index contributed by atoms with van der Waals surface area (Å²) in [7, 11) is -2.11. The average Bonchev–Trinajstić information content (AvgIpc) is 2.56. The zero-order valence-corrected chi connectivity index (χ0v) is 13.6. The van der Waals surface area contributed by atoms with E-state index in [9.17, 15) is 14.7 Å². The van der Waals surface area contributed by atoms with Crippen LogP contribution >= 0.6 is 7.26 Å². The maximum absolute atomic E-state index is 11.1. The Morgan fingerprint density at radius 2 is 1.26 bits per heavy atom. The fraction of sp³-hybridized carbons (Fsp3) is 0.222. The second-order valence-electron chi connectivity index (χ2n) is 5.35. The molecule has 2 rings (SSSR count). The highest BCUT2D eigenvalue weighted by Crippen LogP contribution is 2.57. The lowest BCUT2D eigenvalue weighted by Gasteiger charge is -2.27. The summed E-state index contributed by atoms with van der Waals surface area (Å²) in [6.07, 6.45) is 0.808. The standard InChI is InChI=1S/C18H19O4P/c19-17(20)11-13-23(14-12-18(21)22,15-7-3-1-4-8-15)16-9-5-2-6-10-16/h1-10H,11-14H2,(H-,19,20,21,22). The van der Waals surface area contributed by atoms with Gasteiger partial charge < -0.3 is 15.0 Å². The molecule has 0 radical (unpaired) electrons. The highest BCUT2D eigenvalue weighted by atomic mass is 31.2. The van der Waals surface area contributed by atoms with Crippen LogP contribution in [0.25, 0.3) is 0 Å². The molecule has 5 heteroatoms. The Morgan fingerprint density at radius 3 is 1.65 bits per heavy atom. The van der Waals surface area contributed by atoms with Crippen molar-refractivity contribution in [2.75, 3.05) is 12.3 Å². The maximum Gasteiger partial charge on any atom is 0.307 e. The third-order valence-corrected chi connectivity index (χ3v) is 8.45. The van der Waals surface area contributed by atoms with Gasteiger partial charge in [-0.1, -0.05) is 36.4 Å². The summed E-state index contributed by atoms with van der Waals surface area (Å²) in [5.74, 6) is -1.97. The quantitative estimate of drug-likeness (QED) is 0.740.